The van der Waals surface area contributed by atoms with Crippen molar-refractivity contribution in [1.29, 1.82) is 0 Å². The summed E-state index contributed by atoms with van der Waals surface area (Å²) in [6, 6.07) is 5.39. The van der Waals surface area contributed by atoms with E-state index in [9.17, 15) is 4.79 Å². The maximum absolute atomic E-state index is 12.5. The topological polar surface area (TPSA) is 45.8 Å². The molecule has 0 saturated heterocycles. The Bertz CT molecular complexity index is 1130. The van der Waals surface area contributed by atoms with E-state index in [4.69, 9.17) is 16.6 Å². The van der Waals surface area contributed by atoms with Crippen molar-refractivity contribution in [2.75, 3.05) is 0 Å². The van der Waals surface area contributed by atoms with Crippen LogP contribution in [0.4, 0.5) is 0 Å². The lowest BCUT2D eigenvalue weighted by molar-refractivity contribution is -0.111. The lowest BCUT2D eigenvalue weighted by Gasteiger charge is -2.60. The van der Waals surface area contributed by atoms with E-state index in [-0.39, 0.29) is 5.56 Å². The number of H-pyrrole nitrogens is 1. The van der Waals surface area contributed by atoms with E-state index in [1.54, 1.807) is 6.07 Å². The van der Waals surface area contributed by atoms with Gasteiger partial charge in [0.15, 0.2) is 0 Å². The van der Waals surface area contributed by atoms with E-state index in [0.717, 1.165) is 53.8 Å². The van der Waals surface area contributed by atoms with Crippen LogP contribution in [0.3, 0.4) is 0 Å². The molecule has 4 fully saturated rings. The number of aryl methyl sites for hydroxylation is 1. The second-order valence-electron chi connectivity index (χ2n) is 12.8. The van der Waals surface area contributed by atoms with Gasteiger partial charge in [-0.1, -0.05) is 38.3 Å². The van der Waals surface area contributed by atoms with Crippen molar-refractivity contribution in [2.45, 2.75) is 97.3 Å². The van der Waals surface area contributed by atoms with E-state index < -0.39 is 0 Å². The molecule has 3 nitrogen and oxygen atoms in total. The molecule has 1 aromatic heterocycles. The molecule has 0 spiro atoms. The van der Waals surface area contributed by atoms with Gasteiger partial charge in [-0.25, -0.2) is 4.98 Å². The number of rotatable bonds is 4. The number of halogens is 1. The van der Waals surface area contributed by atoms with Crippen LogP contribution < -0.4 is 5.56 Å². The van der Waals surface area contributed by atoms with Gasteiger partial charge in [-0.15, -0.1) is 0 Å². The van der Waals surface area contributed by atoms with Gasteiger partial charge >= 0.3 is 0 Å². The monoisotopic (exact) mass is 480 g/mol. The van der Waals surface area contributed by atoms with Crippen LogP contribution in [0, 0.1) is 40.4 Å². The molecule has 1 aromatic carbocycles. The fourth-order valence-electron chi connectivity index (χ4n) is 9.67. The largest absolute Gasteiger partial charge is 0.310 e. The lowest BCUT2D eigenvalue weighted by atomic mass is 9.45. The summed E-state index contributed by atoms with van der Waals surface area (Å²) in [7, 11) is 0. The lowest BCUT2D eigenvalue weighted by Crippen LogP contribution is -2.52. The first-order chi connectivity index (χ1) is 16.4. The SMILES string of the molecule is CC12CCCCC1CCC1C2CCC2(C)C(CCCc3nc4ccc(Cl)cc4c(=O)[nH]3)CCC12. The molecule has 34 heavy (non-hydrogen) atoms. The number of aromatic amines is 1. The molecule has 1 N–H and O–H groups in total. The first-order valence-corrected chi connectivity index (χ1v) is 14.4. The fraction of sp³-hybridized carbons (Fsp3) is 0.733. The van der Waals surface area contributed by atoms with Crippen LogP contribution >= 0.6 is 11.6 Å². The minimum atomic E-state index is -0.0690. The van der Waals surface area contributed by atoms with Gasteiger partial charge in [-0.3, -0.25) is 4.79 Å². The highest BCUT2D eigenvalue weighted by Crippen LogP contribution is 2.67. The molecule has 4 saturated carbocycles. The Hall–Kier alpha value is -1.35. The number of nitrogens with one attached hydrogen (secondary N) is 1. The molecule has 2 aromatic rings. The van der Waals surface area contributed by atoms with Crippen LogP contribution in [-0.2, 0) is 6.42 Å². The molecule has 0 aliphatic heterocycles. The van der Waals surface area contributed by atoms with Crippen molar-refractivity contribution in [2.24, 2.45) is 40.4 Å². The molecule has 7 atom stereocenters. The Kier molecular flexibility index (Phi) is 5.87. The quantitative estimate of drug-likeness (QED) is 0.482. The summed E-state index contributed by atoms with van der Waals surface area (Å²) in [6.07, 6.45) is 18.0. The molecule has 184 valence electrons. The third-order valence-electron chi connectivity index (χ3n) is 11.5. The Morgan fingerprint density at radius 2 is 1.85 bits per heavy atom. The molecule has 1 heterocycles. The minimum Gasteiger partial charge on any atom is -0.310 e. The standard InChI is InChI=1S/C30H41ClN2O/c1-29-16-4-3-6-19(29)9-12-22-24-13-10-20(30(24,2)17-15-25(22)29)7-5-8-27-32-26-14-11-21(31)18-23(26)28(34)33-27/h11,14,18-20,22,24-25H,3-10,12-13,15-17H2,1-2H3,(H,32,33,34). The number of hydrogen-bond donors (Lipinski definition) is 1. The number of aromatic nitrogens is 2. The Morgan fingerprint density at radius 3 is 2.74 bits per heavy atom. The maximum Gasteiger partial charge on any atom is 0.258 e. The van der Waals surface area contributed by atoms with Gasteiger partial charge in [0.2, 0.25) is 0 Å². The van der Waals surface area contributed by atoms with Crippen molar-refractivity contribution in [3.05, 3.63) is 39.4 Å². The van der Waals surface area contributed by atoms with Crippen LogP contribution in [0.2, 0.25) is 5.02 Å². The molecule has 7 unspecified atom stereocenters. The zero-order valence-corrected chi connectivity index (χ0v) is 21.8. The first kappa shape index (κ1) is 23.1. The van der Waals surface area contributed by atoms with Crippen LogP contribution in [-0.4, -0.2) is 9.97 Å². The summed E-state index contributed by atoms with van der Waals surface area (Å²) in [5.74, 6) is 5.58. The molecule has 0 amide bonds. The summed E-state index contributed by atoms with van der Waals surface area (Å²) in [6.45, 7) is 5.34. The van der Waals surface area contributed by atoms with Crippen LogP contribution in [0.1, 0.15) is 96.7 Å². The first-order valence-electron chi connectivity index (χ1n) is 14.1. The third kappa shape index (κ3) is 3.67. The van der Waals surface area contributed by atoms with Gasteiger partial charge in [0.05, 0.1) is 10.9 Å². The summed E-state index contributed by atoms with van der Waals surface area (Å²) < 4.78 is 0. The van der Waals surface area contributed by atoms with Gasteiger partial charge in [-0.2, -0.15) is 0 Å². The normalized spacial score (nSPS) is 39.4. The second-order valence-corrected chi connectivity index (χ2v) is 13.2. The van der Waals surface area contributed by atoms with Gasteiger partial charge in [0.1, 0.15) is 5.82 Å². The van der Waals surface area contributed by atoms with Gasteiger partial charge in [0, 0.05) is 11.4 Å². The van der Waals surface area contributed by atoms with Crippen molar-refractivity contribution in [1.82, 2.24) is 9.97 Å². The van der Waals surface area contributed by atoms with Gasteiger partial charge in [0.25, 0.3) is 5.56 Å². The van der Waals surface area contributed by atoms with E-state index in [1.807, 2.05) is 12.1 Å². The van der Waals surface area contributed by atoms with E-state index in [1.165, 1.54) is 70.6 Å². The molecular weight excluding hydrogens is 440 g/mol. The number of benzene rings is 1. The van der Waals surface area contributed by atoms with Gasteiger partial charge in [-0.05, 0) is 123 Å². The molecular formula is C30H41ClN2O. The summed E-state index contributed by atoms with van der Waals surface area (Å²) in [4.78, 5) is 20.3. The van der Waals surface area contributed by atoms with E-state index in [0.29, 0.717) is 21.2 Å². The van der Waals surface area contributed by atoms with Crippen molar-refractivity contribution in [3.63, 3.8) is 0 Å². The Morgan fingerprint density at radius 1 is 1.00 bits per heavy atom. The van der Waals surface area contributed by atoms with Crippen LogP contribution in [0.25, 0.3) is 10.9 Å². The number of fused-ring (bicyclic) bond motifs is 6. The van der Waals surface area contributed by atoms with Crippen LogP contribution in [0.5, 0.6) is 0 Å². The summed E-state index contributed by atoms with van der Waals surface area (Å²) >= 11 is 6.06. The average Bonchev–Trinajstić information content (AvgIpc) is 3.15. The zero-order chi connectivity index (χ0) is 23.5. The molecule has 4 aliphatic rings. The zero-order valence-electron chi connectivity index (χ0n) is 21.0. The highest BCUT2D eigenvalue weighted by atomic mass is 35.5. The van der Waals surface area contributed by atoms with Crippen molar-refractivity contribution < 1.29 is 0 Å². The second kappa shape index (κ2) is 8.64. The van der Waals surface area contributed by atoms with E-state index in [2.05, 4.69) is 18.8 Å². The number of nitrogens with zero attached hydrogens (tertiary/aromatic N) is 1. The van der Waals surface area contributed by atoms with Crippen molar-refractivity contribution >= 4 is 22.5 Å². The van der Waals surface area contributed by atoms with Crippen LogP contribution in [0.15, 0.2) is 23.0 Å². The molecule has 4 aliphatic carbocycles. The highest BCUT2D eigenvalue weighted by Gasteiger charge is 2.59. The highest BCUT2D eigenvalue weighted by molar-refractivity contribution is 6.31. The predicted molar refractivity (Wildman–Crippen MR) is 140 cm³/mol. The smallest absolute Gasteiger partial charge is 0.258 e. The summed E-state index contributed by atoms with van der Waals surface area (Å²) in [5, 5.41) is 1.16. The fourth-order valence-corrected chi connectivity index (χ4v) is 9.84. The molecule has 0 bridgehead atoms. The maximum atomic E-state index is 12.5. The molecule has 4 heteroatoms. The van der Waals surface area contributed by atoms with Gasteiger partial charge < -0.3 is 4.98 Å². The average molecular weight is 481 g/mol. The Labute approximate surface area is 209 Å². The molecule has 6 rings (SSSR count). The third-order valence-corrected chi connectivity index (χ3v) is 11.7. The van der Waals surface area contributed by atoms with E-state index >= 15 is 0 Å². The molecule has 0 radical (unpaired) electrons. The summed E-state index contributed by atoms with van der Waals surface area (Å²) in [5.41, 5.74) is 1.85. The predicted octanol–water partition coefficient (Wildman–Crippen LogP) is 7.95. The van der Waals surface area contributed by atoms with Crippen molar-refractivity contribution in [3.8, 4) is 0 Å². The number of hydrogen-bond acceptors (Lipinski definition) is 2. The minimum absolute atomic E-state index is 0.0690. The Balaban J connectivity index is 1.13.